The Hall–Kier alpha value is -3.72. The highest BCUT2D eigenvalue weighted by Gasteiger charge is 2.37. The van der Waals surface area contributed by atoms with Gasteiger partial charge in [-0.3, -0.25) is 9.11 Å². The van der Waals surface area contributed by atoms with Gasteiger partial charge in [-0.2, -0.15) is 16.8 Å². The maximum Gasteiger partial charge on any atom is 0.298 e. The van der Waals surface area contributed by atoms with Crippen molar-refractivity contribution >= 4 is 43.0 Å². The molecule has 0 aromatic heterocycles. The van der Waals surface area contributed by atoms with Gasteiger partial charge in [-0.15, -0.1) is 0 Å². The molecule has 3 aromatic carbocycles. The van der Waals surface area contributed by atoms with E-state index in [-0.39, 0.29) is 16.9 Å². The van der Waals surface area contributed by atoms with Gasteiger partial charge in [0.1, 0.15) is 37.6 Å². The maximum atomic E-state index is 12.0. The van der Waals surface area contributed by atoms with Gasteiger partial charge in [-0.25, -0.2) is 9.98 Å². The van der Waals surface area contributed by atoms with Gasteiger partial charge in [0.05, 0.1) is 5.69 Å². The van der Waals surface area contributed by atoms with Gasteiger partial charge in [-0.05, 0) is 12.1 Å². The number of nitrogens with two attached hydrogens (primary N) is 2. The van der Waals surface area contributed by atoms with Crippen molar-refractivity contribution in [3.05, 3.63) is 47.1 Å². The van der Waals surface area contributed by atoms with Crippen LogP contribution in [0, 0.1) is 0 Å². The fourth-order valence-corrected chi connectivity index (χ4v) is 5.47. The number of rotatable bonds is 2. The fourth-order valence-electron chi connectivity index (χ4n) is 3.40. The Morgan fingerprint density at radius 2 is 1.34 bits per heavy atom. The number of nitrogen functional groups attached to an aromatic ring is 2. The normalized spacial score (nSPS) is 13.8. The first-order valence-corrected chi connectivity index (χ1v) is 11.6. The van der Waals surface area contributed by atoms with Gasteiger partial charge in [-0.1, -0.05) is 12.1 Å². The quantitative estimate of drug-likeness (QED) is 0.213. The molecule has 0 aliphatic carbocycles. The molecule has 0 unspecified atom stereocenters. The Labute approximate surface area is 179 Å². The van der Waals surface area contributed by atoms with Crippen LogP contribution in [-0.4, -0.2) is 25.9 Å². The summed E-state index contributed by atoms with van der Waals surface area (Å²) in [6, 6.07) is 9.83. The Balaban J connectivity index is 1.86. The highest BCUT2D eigenvalue weighted by atomic mass is 32.2. The zero-order chi connectivity index (χ0) is 23.0. The lowest BCUT2D eigenvalue weighted by Gasteiger charge is -2.22. The Kier molecular flexibility index (Phi) is 4.04. The smallest absolute Gasteiger partial charge is 0.298 e. The Morgan fingerprint density at radius 3 is 2.00 bits per heavy atom. The molecule has 0 spiro atoms. The van der Waals surface area contributed by atoms with Crippen molar-refractivity contribution in [3.63, 3.8) is 0 Å². The first-order chi connectivity index (χ1) is 14.9. The number of para-hydroxylation sites is 2. The van der Waals surface area contributed by atoms with Crippen LogP contribution in [0.25, 0.3) is 0 Å². The molecule has 2 aliphatic rings. The van der Waals surface area contributed by atoms with Crippen molar-refractivity contribution in [1.82, 2.24) is 0 Å². The zero-order valence-electron chi connectivity index (χ0n) is 15.7. The molecule has 6 N–H and O–H groups in total. The third-order valence-corrected chi connectivity index (χ3v) is 6.73. The first-order valence-electron chi connectivity index (χ1n) is 8.71. The van der Waals surface area contributed by atoms with E-state index >= 15 is 0 Å². The van der Waals surface area contributed by atoms with E-state index in [1.54, 1.807) is 24.3 Å². The summed E-state index contributed by atoms with van der Waals surface area (Å²) in [5.74, 6) is 0.425. The monoisotopic (exact) mass is 476 g/mol. The molecule has 0 bridgehead atoms. The van der Waals surface area contributed by atoms with Gasteiger partial charge in [0.2, 0.25) is 0 Å². The SMILES string of the molecule is Nc1c(N)c(S(=O)(=O)O)c(S(=O)(=O)O)c2c1Oc1cc3c(cc1=N2)Oc1ccccc1N=3. The largest absolute Gasteiger partial charge is 0.453 e. The van der Waals surface area contributed by atoms with E-state index in [0.29, 0.717) is 16.8 Å². The molecule has 164 valence electrons. The average Bonchev–Trinajstić information content (AvgIpc) is 2.70. The molecule has 14 heteroatoms. The molecule has 32 heavy (non-hydrogen) atoms. The van der Waals surface area contributed by atoms with E-state index in [9.17, 15) is 25.9 Å². The van der Waals surface area contributed by atoms with Crippen LogP contribution >= 0.6 is 0 Å². The van der Waals surface area contributed by atoms with E-state index in [4.69, 9.17) is 20.9 Å². The van der Waals surface area contributed by atoms with Crippen LogP contribution in [0.2, 0.25) is 0 Å². The van der Waals surface area contributed by atoms with E-state index in [0.717, 1.165) is 0 Å². The van der Waals surface area contributed by atoms with Crippen LogP contribution in [0.4, 0.5) is 22.7 Å². The minimum absolute atomic E-state index is 0.0289. The number of anilines is 2. The van der Waals surface area contributed by atoms with E-state index < -0.39 is 52.8 Å². The summed E-state index contributed by atoms with van der Waals surface area (Å²) in [5, 5.41) is 0.415. The van der Waals surface area contributed by atoms with Crippen LogP contribution in [0.1, 0.15) is 0 Å². The number of nitrogens with zero attached hydrogens (tertiary/aromatic N) is 2. The second-order valence-electron chi connectivity index (χ2n) is 6.80. The van der Waals surface area contributed by atoms with Crippen molar-refractivity contribution in [2.45, 2.75) is 9.79 Å². The molecule has 2 heterocycles. The molecular weight excluding hydrogens is 464 g/mol. The molecule has 0 saturated heterocycles. The average molecular weight is 476 g/mol. The second-order valence-corrected chi connectivity index (χ2v) is 9.51. The molecular formula is C18H12N4O8S2. The lowest BCUT2D eigenvalue weighted by Crippen LogP contribution is -2.21. The summed E-state index contributed by atoms with van der Waals surface area (Å²) < 4.78 is 78.5. The third-order valence-electron chi connectivity index (χ3n) is 4.74. The summed E-state index contributed by atoms with van der Waals surface area (Å²) in [5.41, 5.74) is 10.1. The van der Waals surface area contributed by atoms with Crippen molar-refractivity contribution in [1.29, 1.82) is 0 Å². The van der Waals surface area contributed by atoms with Gasteiger partial charge >= 0.3 is 0 Å². The Morgan fingerprint density at radius 1 is 0.750 bits per heavy atom. The van der Waals surface area contributed by atoms with Gasteiger partial charge in [0, 0.05) is 12.1 Å². The standard InChI is InChI=1S/C18H12N4O8S2/c19-13-14(20)17(31(23,24)25)18(32(26,27)28)15-16(13)30-12-5-8-11(6-9(12)22-15)29-10-4-2-1-3-7(10)21-8/h1-6H,19-20H2,(H,23,24,25)(H,26,27,28). The molecule has 2 aliphatic heterocycles. The fraction of sp³-hybridized carbons (Fsp3) is 0. The summed E-state index contributed by atoms with van der Waals surface area (Å²) in [7, 11) is -10.5. The van der Waals surface area contributed by atoms with Crippen LogP contribution in [0.15, 0.2) is 56.2 Å². The summed E-state index contributed by atoms with van der Waals surface area (Å²) in [6.45, 7) is 0. The number of benzene rings is 3. The molecule has 5 rings (SSSR count). The van der Waals surface area contributed by atoms with Crippen molar-refractivity contribution in [2.75, 3.05) is 11.5 Å². The minimum Gasteiger partial charge on any atom is -0.453 e. The van der Waals surface area contributed by atoms with Crippen molar-refractivity contribution < 1.29 is 35.4 Å². The lowest BCUT2D eigenvalue weighted by atomic mass is 10.1. The number of hydrogen-bond donors (Lipinski definition) is 4. The predicted molar refractivity (Wildman–Crippen MR) is 110 cm³/mol. The molecule has 0 amide bonds. The third kappa shape index (κ3) is 2.96. The molecule has 0 fully saturated rings. The van der Waals surface area contributed by atoms with Crippen LogP contribution < -0.4 is 31.7 Å². The number of hydrogen-bond acceptors (Lipinski definition) is 10. The Bertz CT molecular complexity index is 1700. The molecule has 0 atom stereocenters. The van der Waals surface area contributed by atoms with E-state index in [2.05, 4.69) is 9.98 Å². The maximum absolute atomic E-state index is 12.0. The molecule has 0 saturated carbocycles. The topological polar surface area (TPSA) is 204 Å². The van der Waals surface area contributed by atoms with Gasteiger partial charge in [0.25, 0.3) is 20.2 Å². The summed E-state index contributed by atoms with van der Waals surface area (Å²) in [6.07, 6.45) is 0. The molecule has 3 aromatic rings. The highest BCUT2D eigenvalue weighted by Crippen LogP contribution is 2.50. The number of ether oxygens (including phenoxy) is 2. The minimum atomic E-state index is -5.26. The predicted octanol–water partition coefficient (Wildman–Crippen LogP) is 1.46. The molecule has 12 nitrogen and oxygen atoms in total. The summed E-state index contributed by atoms with van der Waals surface area (Å²) in [4.78, 5) is 6.02. The number of fused-ring (bicyclic) bond motifs is 4. The summed E-state index contributed by atoms with van der Waals surface area (Å²) >= 11 is 0. The van der Waals surface area contributed by atoms with Gasteiger partial charge < -0.3 is 20.9 Å². The zero-order valence-corrected chi connectivity index (χ0v) is 17.3. The van der Waals surface area contributed by atoms with Gasteiger partial charge in [0.15, 0.2) is 23.0 Å². The molecule has 0 radical (unpaired) electrons. The lowest BCUT2D eigenvalue weighted by molar-refractivity contribution is 0.447. The van der Waals surface area contributed by atoms with E-state index in [1.807, 2.05) is 0 Å². The van der Waals surface area contributed by atoms with Crippen LogP contribution in [0.3, 0.4) is 0 Å². The van der Waals surface area contributed by atoms with Crippen LogP contribution in [-0.2, 0) is 20.2 Å². The second kappa shape index (κ2) is 6.39. The van der Waals surface area contributed by atoms with Crippen molar-refractivity contribution in [2.24, 2.45) is 9.98 Å². The highest BCUT2D eigenvalue weighted by molar-refractivity contribution is 7.89. The van der Waals surface area contributed by atoms with E-state index in [1.165, 1.54) is 12.1 Å². The first kappa shape index (κ1) is 20.2. The van der Waals surface area contributed by atoms with Crippen LogP contribution in [0.5, 0.6) is 23.0 Å². The van der Waals surface area contributed by atoms with Crippen molar-refractivity contribution in [3.8, 4) is 23.0 Å².